The lowest BCUT2D eigenvalue weighted by Gasteiger charge is -2.21. The SMILES string of the molecule is CC(C)C(NS(=O)(=O)c1ccc2c(c1)Sc1ccccc1O2)C(=O)O. The zero-order chi connectivity index (χ0) is 18.2. The molecule has 1 unspecified atom stereocenters. The number of rotatable bonds is 5. The quantitative estimate of drug-likeness (QED) is 0.706. The standard InChI is InChI=1S/C17H17NO5S2/c1-10(2)16(17(19)20)18-25(21,22)11-7-8-13-15(9-11)24-14-6-4-3-5-12(14)23-13/h3-10,16,18H,1-2H3,(H,19,20). The summed E-state index contributed by atoms with van der Waals surface area (Å²) in [4.78, 5) is 12.8. The smallest absolute Gasteiger partial charge is 0.322 e. The minimum absolute atomic E-state index is 0.00799. The van der Waals surface area contributed by atoms with E-state index in [1.807, 2.05) is 24.3 Å². The van der Waals surface area contributed by atoms with Crippen LogP contribution in [0.1, 0.15) is 13.8 Å². The Morgan fingerprint density at radius 1 is 1.12 bits per heavy atom. The highest BCUT2D eigenvalue weighted by Gasteiger charge is 2.29. The number of benzene rings is 2. The van der Waals surface area contributed by atoms with Gasteiger partial charge in [0.15, 0.2) is 0 Å². The molecule has 0 bridgehead atoms. The van der Waals surface area contributed by atoms with E-state index >= 15 is 0 Å². The normalized spacial score (nSPS) is 14.4. The molecule has 132 valence electrons. The molecule has 0 aromatic heterocycles. The summed E-state index contributed by atoms with van der Waals surface area (Å²) < 4.78 is 33.1. The average Bonchev–Trinajstić information content (AvgIpc) is 2.56. The van der Waals surface area contributed by atoms with Crippen LogP contribution in [0, 0.1) is 5.92 Å². The first-order valence-corrected chi connectivity index (χ1v) is 9.92. The van der Waals surface area contributed by atoms with E-state index in [4.69, 9.17) is 4.74 Å². The number of ether oxygens (including phenoxy) is 1. The summed E-state index contributed by atoms with van der Waals surface area (Å²) in [5, 5.41) is 9.20. The van der Waals surface area contributed by atoms with Crippen LogP contribution in [0.3, 0.4) is 0 Å². The number of nitrogens with one attached hydrogen (secondary N) is 1. The Kier molecular flexibility index (Phi) is 4.77. The van der Waals surface area contributed by atoms with Crippen LogP contribution in [0.25, 0.3) is 0 Å². The molecule has 0 fully saturated rings. The van der Waals surface area contributed by atoms with Crippen molar-refractivity contribution < 1.29 is 23.1 Å². The highest BCUT2D eigenvalue weighted by atomic mass is 32.2. The Morgan fingerprint density at radius 2 is 1.80 bits per heavy atom. The van der Waals surface area contributed by atoms with Gasteiger partial charge in [0.1, 0.15) is 17.5 Å². The van der Waals surface area contributed by atoms with Gasteiger partial charge in [-0.2, -0.15) is 4.72 Å². The first-order valence-electron chi connectivity index (χ1n) is 7.62. The molecule has 1 aliphatic rings. The molecule has 0 saturated carbocycles. The van der Waals surface area contributed by atoms with E-state index < -0.39 is 22.0 Å². The van der Waals surface area contributed by atoms with Gasteiger partial charge in [-0.3, -0.25) is 4.79 Å². The Hall–Kier alpha value is -2.03. The van der Waals surface area contributed by atoms with Crippen LogP contribution in [0.4, 0.5) is 0 Å². The molecule has 0 saturated heterocycles. The second-order valence-corrected chi connectivity index (χ2v) is 8.74. The van der Waals surface area contributed by atoms with Crippen molar-refractivity contribution in [3.05, 3.63) is 42.5 Å². The highest BCUT2D eigenvalue weighted by Crippen LogP contribution is 2.47. The van der Waals surface area contributed by atoms with E-state index in [1.165, 1.54) is 23.9 Å². The Balaban J connectivity index is 1.91. The van der Waals surface area contributed by atoms with E-state index in [0.717, 1.165) is 10.6 Å². The summed E-state index contributed by atoms with van der Waals surface area (Å²) in [6.07, 6.45) is 0. The number of carboxylic acids is 1. The number of hydrogen-bond acceptors (Lipinski definition) is 5. The van der Waals surface area contributed by atoms with E-state index in [9.17, 15) is 18.3 Å². The monoisotopic (exact) mass is 379 g/mol. The van der Waals surface area contributed by atoms with Crippen molar-refractivity contribution in [3.63, 3.8) is 0 Å². The van der Waals surface area contributed by atoms with Crippen LogP contribution in [-0.2, 0) is 14.8 Å². The van der Waals surface area contributed by atoms with Gasteiger partial charge in [-0.25, -0.2) is 8.42 Å². The first-order chi connectivity index (χ1) is 11.8. The predicted molar refractivity (Wildman–Crippen MR) is 93.7 cm³/mol. The van der Waals surface area contributed by atoms with Gasteiger partial charge >= 0.3 is 5.97 Å². The van der Waals surface area contributed by atoms with Crippen LogP contribution >= 0.6 is 11.8 Å². The van der Waals surface area contributed by atoms with E-state index in [0.29, 0.717) is 10.6 Å². The zero-order valence-electron chi connectivity index (χ0n) is 13.6. The Bertz CT molecular complexity index is 924. The lowest BCUT2D eigenvalue weighted by atomic mass is 10.1. The number of fused-ring (bicyclic) bond motifs is 2. The van der Waals surface area contributed by atoms with E-state index in [-0.39, 0.29) is 10.8 Å². The van der Waals surface area contributed by atoms with Gasteiger partial charge in [-0.05, 0) is 36.2 Å². The van der Waals surface area contributed by atoms with Crippen molar-refractivity contribution in [1.29, 1.82) is 0 Å². The fourth-order valence-electron chi connectivity index (χ4n) is 2.38. The molecule has 25 heavy (non-hydrogen) atoms. The van der Waals surface area contributed by atoms with Crippen molar-refractivity contribution >= 4 is 27.8 Å². The molecule has 0 spiro atoms. The van der Waals surface area contributed by atoms with Gasteiger partial charge in [-0.15, -0.1) is 0 Å². The second-order valence-electron chi connectivity index (χ2n) is 5.94. The molecule has 2 N–H and O–H groups in total. The minimum Gasteiger partial charge on any atom is -0.480 e. The number of carboxylic acid groups (broad SMARTS) is 1. The van der Waals surface area contributed by atoms with Crippen LogP contribution in [0.15, 0.2) is 57.2 Å². The van der Waals surface area contributed by atoms with Crippen LogP contribution < -0.4 is 9.46 Å². The molecule has 0 amide bonds. The molecule has 0 aliphatic carbocycles. The molecule has 6 nitrogen and oxygen atoms in total. The van der Waals surface area contributed by atoms with Crippen molar-refractivity contribution in [2.24, 2.45) is 5.92 Å². The third kappa shape index (κ3) is 3.65. The molecule has 1 heterocycles. The van der Waals surface area contributed by atoms with Crippen LogP contribution in [0.2, 0.25) is 0 Å². The van der Waals surface area contributed by atoms with Gasteiger partial charge < -0.3 is 9.84 Å². The minimum atomic E-state index is -3.96. The first kappa shape index (κ1) is 17.8. The maximum absolute atomic E-state index is 12.6. The summed E-state index contributed by atoms with van der Waals surface area (Å²) in [6, 6.07) is 10.8. The summed E-state index contributed by atoms with van der Waals surface area (Å²) in [5.74, 6) is -0.293. The molecule has 1 atom stereocenters. The molecular formula is C17H17NO5S2. The molecule has 1 aliphatic heterocycles. The maximum Gasteiger partial charge on any atom is 0.322 e. The summed E-state index contributed by atoms with van der Waals surface area (Å²) in [6.45, 7) is 3.30. The topological polar surface area (TPSA) is 92.7 Å². The summed E-state index contributed by atoms with van der Waals surface area (Å²) >= 11 is 1.41. The highest BCUT2D eigenvalue weighted by molar-refractivity contribution is 7.99. The van der Waals surface area contributed by atoms with Crippen LogP contribution in [-0.4, -0.2) is 25.5 Å². The summed E-state index contributed by atoms with van der Waals surface area (Å²) in [7, 11) is -3.96. The largest absolute Gasteiger partial charge is 0.480 e. The van der Waals surface area contributed by atoms with Gasteiger partial charge in [0, 0.05) is 0 Å². The number of sulfonamides is 1. The predicted octanol–water partition coefficient (Wildman–Crippen LogP) is 3.33. The van der Waals surface area contributed by atoms with Crippen LogP contribution in [0.5, 0.6) is 11.5 Å². The van der Waals surface area contributed by atoms with Gasteiger partial charge in [0.2, 0.25) is 10.0 Å². The third-order valence-electron chi connectivity index (χ3n) is 3.73. The van der Waals surface area contributed by atoms with Gasteiger partial charge in [0.25, 0.3) is 0 Å². The number of carbonyl (C=O) groups is 1. The lowest BCUT2D eigenvalue weighted by molar-refractivity contribution is -0.140. The fourth-order valence-corrected chi connectivity index (χ4v) is 4.81. The third-order valence-corrected chi connectivity index (χ3v) is 6.26. The van der Waals surface area contributed by atoms with Crippen molar-refractivity contribution in [1.82, 2.24) is 4.72 Å². The van der Waals surface area contributed by atoms with Gasteiger partial charge in [-0.1, -0.05) is 37.7 Å². The fraction of sp³-hybridized carbons (Fsp3) is 0.235. The Morgan fingerprint density at radius 3 is 2.48 bits per heavy atom. The van der Waals surface area contributed by atoms with Crippen molar-refractivity contribution in [2.75, 3.05) is 0 Å². The molecule has 8 heteroatoms. The summed E-state index contributed by atoms with van der Waals surface area (Å²) in [5.41, 5.74) is 0. The van der Waals surface area contributed by atoms with Crippen molar-refractivity contribution in [3.8, 4) is 11.5 Å². The number of aliphatic carboxylic acids is 1. The molecule has 0 radical (unpaired) electrons. The van der Waals surface area contributed by atoms with Gasteiger partial charge in [0.05, 0.1) is 14.7 Å². The van der Waals surface area contributed by atoms with E-state index in [1.54, 1.807) is 19.9 Å². The zero-order valence-corrected chi connectivity index (χ0v) is 15.2. The number of hydrogen-bond donors (Lipinski definition) is 2. The molecule has 2 aromatic rings. The molecule has 3 rings (SSSR count). The molecular weight excluding hydrogens is 362 g/mol. The van der Waals surface area contributed by atoms with E-state index in [2.05, 4.69) is 4.72 Å². The maximum atomic E-state index is 12.6. The second kappa shape index (κ2) is 6.70. The molecule has 2 aromatic carbocycles. The Labute approximate surface area is 150 Å². The average molecular weight is 379 g/mol. The number of para-hydroxylation sites is 1. The lowest BCUT2D eigenvalue weighted by Crippen LogP contribution is -2.44. The van der Waals surface area contributed by atoms with Crippen molar-refractivity contribution in [2.45, 2.75) is 34.6 Å².